The first-order valence-electron chi connectivity index (χ1n) is 8.24. The molecule has 0 spiro atoms. The van der Waals surface area contributed by atoms with Crippen molar-refractivity contribution in [1.82, 2.24) is 9.47 Å². The number of para-hydroxylation sites is 1. The van der Waals surface area contributed by atoms with E-state index in [1.165, 1.54) is 5.69 Å². The Kier molecular flexibility index (Phi) is 4.53. The largest absolute Gasteiger partial charge is 0.369 e. The Bertz CT molecular complexity index is 682. The molecule has 0 N–H and O–H groups in total. The number of nitrogens with zero attached hydrogens (tertiary/aromatic N) is 3. The fraction of sp³-hybridized carbons (Fsp3) is 0.421. The molecule has 3 rings (SSSR count). The molecule has 2 aromatic rings. The van der Waals surface area contributed by atoms with Crippen molar-refractivity contribution in [3.63, 3.8) is 0 Å². The predicted octanol–water partition coefficient (Wildman–Crippen LogP) is 2.65. The summed E-state index contributed by atoms with van der Waals surface area (Å²) in [6.07, 6.45) is 0. The number of aromatic nitrogens is 1. The van der Waals surface area contributed by atoms with E-state index in [1.807, 2.05) is 33.0 Å². The van der Waals surface area contributed by atoms with Gasteiger partial charge in [-0.15, -0.1) is 0 Å². The predicted molar refractivity (Wildman–Crippen MR) is 94.3 cm³/mol. The van der Waals surface area contributed by atoms with Crippen LogP contribution in [-0.2, 0) is 7.05 Å². The lowest BCUT2D eigenvalue weighted by atomic mass is 10.1. The molecule has 1 aliphatic heterocycles. The second-order valence-electron chi connectivity index (χ2n) is 6.37. The van der Waals surface area contributed by atoms with Crippen LogP contribution in [0.3, 0.4) is 0 Å². The number of benzene rings is 1. The summed E-state index contributed by atoms with van der Waals surface area (Å²) in [6, 6.07) is 12.5. The highest BCUT2D eigenvalue weighted by Gasteiger charge is 2.21. The van der Waals surface area contributed by atoms with Crippen LogP contribution in [-0.4, -0.2) is 48.0 Å². The van der Waals surface area contributed by atoms with Gasteiger partial charge in [0, 0.05) is 55.9 Å². The lowest BCUT2D eigenvalue weighted by molar-refractivity contribution is 0.0925. The van der Waals surface area contributed by atoms with E-state index in [2.05, 4.69) is 38.6 Å². The van der Waals surface area contributed by atoms with Gasteiger partial charge in [-0.05, 0) is 32.0 Å². The van der Waals surface area contributed by atoms with Gasteiger partial charge in [-0.1, -0.05) is 18.2 Å². The highest BCUT2D eigenvalue weighted by atomic mass is 16.1. The van der Waals surface area contributed by atoms with Crippen LogP contribution < -0.4 is 4.90 Å². The SMILES string of the molecule is Cc1cc(C(=O)CN2CCN(c3ccccc3)CC2)c(C)n1C. The number of hydrogen-bond donors (Lipinski definition) is 0. The first-order chi connectivity index (χ1) is 11.1. The zero-order valence-corrected chi connectivity index (χ0v) is 14.2. The van der Waals surface area contributed by atoms with Gasteiger partial charge in [0.15, 0.2) is 5.78 Å². The number of ketones is 1. The van der Waals surface area contributed by atoms with Crippen molar-refractivity contribution in [1.29, 1.82) is 0 Å². The molecule has 0 aliphatic carbocycles. The number of carbonyl (C=O) groups excluding carboxylic acids is 1. The molecule has 1 aliphatic rings. The Morgan fingerprint density at radius 2 is 1.70 bits per heavy atom. The average molecular weight is 311 g/mol. The summed E-state index contributed by atoms with van der Waals surface area (Å²) in [5.41, 5.74) is 4.35. The molecule has 0 amide bonds. The van der Waals surface area contributed by atoms with Crippen LogP contribution in [0, 0.1) is 13.8 Å². The summed E-state index contributed by atoms with van der Waals surface area (Å²) in [6.45, 7) is 8.41. The number of hydrogen-bond acceptors (Lipinski definition) is 3. The first-order valence-corrected chi connectivity index (χ1v) is 8.24. The molecule has 0 radical (unpaired) electrons. The van der Waals surface area contributed by atoms with Gasteiger partial charge in [-0.3, -0.25) is 9.69 Å². The standard InChI is InChI=1S/C19H25N3O/c1-15-13-18(16(2)20(15)3)19(23)14-21-9-11-22(12-10-21)17-7-5-4-6-8-17/h4-8,13H,9-12,14H2,1-3H3. The smallest absolute Gasteiger partial charge is 0.178 e. The van der Waals surface area contributed by atoms with Crippen LogP contribution in [0.15, 0.2) is 36.4 Å². The van der Waals surface area contributed by atoms with Crippen LogP contribution in [0.5, 0.6) is 0 Å². The molecule has 0 bridgehead atoms. The van der Waals surface area contributed by atoms with Gasteiger partial charge in [-0.2, -0.15) is 0 Å². The molecule has 1 aromatic heterocycles. The minimum atomic E-state index is 0.236. The Hall–Kier alpha value is -2.07. The Balaban J connectivity index is 1.58. The van der Waals surface area contributed by atoms with Gasteiger partial charge in [0.25, 0.3) is 0 Å². The summed E-state index contributed by atoms with van der Waals surface area (Å²) in [7, 11) is 2.01. The minimum absolute atomic E-state index is 0.236. The molecule has 122 valence electrons. The van der Waals surface area contributed by atoms with Crippen LogP contribution in [0.2, 0.25) is 0 Å². The third-order valence-corrected chi connectivity index (χ3v) is 4.94. The van der Waals surface area contributed by atoms with E-state index in [1.54, 1.807) is 0 Å². The summed E-state index contributed by atoms with van der Waals surface area (Å²) >= 11 is 0. The van der Waals surface area contributed by atoms with E-state index in [9.17, 15) is 4.79 Å². The lowest BCUT2D eigenvalue weighted by Gasteiger charge is -2.35. The molecule has 1 aromatic carbocycles. The van der Waals surface area contributed by atoms with Gasteiger partial charge >= 0.3 is 0 Å². The molecular formula is C19H25N3O. The average Bonchev–Trinajstić information content (AvgIpc) is 2.84. The minimum Gasteiger partial charge on any atom is -0.369 e. The highest BCUT2D eigenvalue weighted by Crippen LogP contribution is 2.17. The number of piperazine rings is 1. The molecule has 0 unspecified atom stereocenters. The van der Waals surface area contributed by atoms with Crippen molar-refractivity contribution < 1.29 is 4.79 Å². The van der Waals surface area contributed by atoms with Crippen LogP contribution >= 0.6 is 0 Å². The van der Waals surface area contributed by atoms with E-state index < -0.39 is 0 Å². The second kappa shape index (κ2) is 6.59. The molecule has 1 saturated heterocycles. The van der Waals surface area contributed by atoms with E-state index in [0.717, 1.165) is 43.1 Å². The van der Waals surface area contributed by atoms with Crippen molar-refractivity contribution >= 4 is 11.5 Å². The molecular weight excluding hydrogens is 286 g/mol. The van der Waals surface area contributed by atoms with Gasteiger partial charge in [0.2, 0.25) is 0 Å². The maximum absolute atomic E-state index is 12.6. The summed E-state index contributed by atoms with van der Waals surface area (Å²) in [4.78, 5) is 17.2. The van der Waals surface area contributed by atoms with Crippen LogP contribution in [0.1, 0.15) is 21.7 Å². The van der Waals surface area contributed by atoms with Crippen molar-refractivity contribution in [3.05, 3.63) is 53.3 Å². The van der Waals surface area contributed by atoms with Crippen LogP contribution in [0.25, 0.3) is 0 Å². The third-order valence-electron chi connectivity index (χ3n) is 4.94. The summed E-state index contributed by atoms with van der Waals surface area (Å²) in [5, 5.41) is 0. The molecule has 4 nitrogen and oxygen atoms in total. The quantitative estimate of drug-likeness (QED) is 0.813. The van der Waals surface area contributed by atoms with Crippen molar-refractivity contribution in [3.8, 4) is 0 Å². The normalized spacial score (nSPS) is 15.9. The monoisotopic (exact) mass is 311 g/mol. The number of aryl methyl sites for hydroxylation is 1. The molecule has 0 atom stereocenters. The maximum Gasteiger partial charge on any atom is 0.178 e. The number of Topliss-reactive ketones (excluding diaryl/α,β-unsaturated/α-hetero) is 1. The van der Waals surface area contributed by atoms with E-state index >= 15 is 0 Å². The molecule has 1 fully saturated rings. The van der Waals surface area contributed by atoms with Gasteiger partial charge < -0.3 is 9.47 Å². The highest BCUT2D eigenvalue weighted by molar-refractivity contribution is 5.99. The number of rotatable bonds is 4. The van der Waals surface area contributed by atoms with Crippen molar-refractivity contribution in [2.45, 2.75) is 13.8 Å². The fourth-order valence-electron chi connectivity index (χ4n) is 3.23. The zero-order chi connectivity index (χ0) is 16.4. The fourth-order valence-corrected chi connectivity index (χ4v) is 3.23. The molecule has 0 saturated carbocycles. The maximum atomic E-state index is 12.6. The molecule has 23 heavy (non-hydrogen) atoms. The topological polar surface area (TPSA) is 28.5 Å². The van der Waals surface area contributed by atoms with Gasteiger partial charge in [-0.25, -0.2) is 0 Å². The van der Waals surface area contributed by atoms with Gasteiger partial charge in [0.05, 0.1) is 6.54 Å². The second-order valence-corrected chi connectivity index (χ2v) is 6.37. The van der Waals surface area contributed by atoms with E-state index in [0.29, 0.717) is 6.54 Å². The number of carbonyl (C=O) groups is 1. The third kappa shape index (κ3) is 3.32. The van der Waals surface area contributed by atoms with E-state index in [-0.39, 0.29) is 5.78 Å². The Labute approximate surface area is 138 Å². The Morgan fingerprint density at radius 3 is 2.26 bits per heavy atom. The summed E-state index contributed by atoms with van der Waals surface area (Å²) < 4.78 is 2.08. The lowest BCUT2D eigenvalue weighted by Crippen LogP contribution is -2.48. The molecule has 4 heteroatoms. The van der Waals surface area contributed by atoms with Gasteiger partial charge in [0.1, 0.15) is 0 Å². The summed E-state index contributed by atoms with van der Waals surface area (Å²) in [5.74, 6) is 0.236. The Morgan fingerprint density at radius 1 is 1.04 bits per heavy atom. The van der Waals surface area contributed by atoms with Crippen LogP contribution in [0.4, 0.5) is 5.69 Å². The van der Waals surface area contributed by atoms with Crippen molar-refractivity contribution in [2.24, 2.45) is 7.05 Å². The molecule has 2 heterocycles. The van der Waals surface area contributed by atoms with Crippen molar-refractivity contribution in [2.75, 3.05) is 37.6 Å². The number of anilines is 1. The first kappa shape index (κ1) is 15.8. The zero-order valence-electron chi connectivity index (χ0n) is 14.2. The van der Waals surface area contributed by atoms with E-state index in [4.69, 9.17) is 0 Å².